The van der Waals surface area contributed by atoms with Crippen molar-refractivity contribution in [3.63, 3.8) is 0 Å². The van der Waals surface area contributed by atoms with Gasteiger partial charge in [0.2, 0.25) is 5.88 Å². The summed E-state index contributed by atoms with van der Waals surface area (Å²) in [5.41, 5.74) is 6.43. The third kappa shape index (κ3) is 5.51. The number of rotatable bonds is 7. The molecule has 1 aliphatic heterocycles. The number of pyridine rings is 3. The van der Waals surface area contributed by atoms with Gasteiger partial charge in [-0.05, 0) is 70.4 Å². The number of nitrogens with one attached hydrogen (secondary N) is 1. The molecule has 11 heteroatoms. The van der Waals surface area contributed by atoms with Crippen LogP contribution in [0.2, 0.25) is 0 Å². The van der Waals surface area contributed by atoms with Crippen molar-refractivity contribution in [1.29, 1.82) is 0 Å². The van der Waals surface area contributed by atoms with Gasteiger partial charge in [-0.2, -0.15) is 8.42 Å². The molecule has 3 N–H and O–H groups in total. The van der Waals surface area contributed by atoms with Crippen LogP contribution in [0.15, 0.2) is 53.7 Å². The standard InChI is InChI=1S/C26H32N6O4S/c1-16(2)36-22-12-9-18(15-28-22)24-19(10-11-21(30-24)32-14-13-17(3)26(32,4)5)25(33)31-37(34,35)23-8-6-7-20(27)29-23/h6-12,15-17H,13-14H2,1-5H3,(H2,27,29)(H,31,33). The Balaban J connectivity index is 1.75. The van der Waals surface area contributed by atoms with Gasteiger partial charge in [-0.1, -0.05) is 13.0 Å². The van der Waals surface area contributed by atoms with Gasteiger partial charge in [0.15, 0.2) is 5.03 Å². The molecule has 0 bridgehead atoms. The van der Waals surface area contributed by atoms with E-state index in [9.17, 15) is 13.2 Å². The lowest BCUT2D eigenvalue weighted by Gasteiger charge is -2.36. The van der Waals surface area contributed by atoms with Crippen LogP contribution in [0.1, 0.15) is 51.4 Å². The molecule has 1 amide bonds. The SMILES string of the molecule is CC(C)Oc1ccc(-c2nc(N3CCC(C)C3(C)C)ccc2C(=O)NS(=O)(=O)c2cccc(N)n2)cn1. The van der Waals surface area contributed by atoms with Crippen molar-refractivity contribution in [2.75, 3.05) is 17.2 Å². The molecule has 10 nitrogen and oxygen atoms in total. The Bertz CT molecular complexity index is 1410. The summed E-state index contributed by atoms with van der Waals surface area (Å²) in [6, 6.07) is 11.0. The Hall–Kier alpha value is -3.73. The first-order chi connectivity index (χ1) is 17.4. The Morgan fingerprint density at radius 3 is 2.51 bits per heavy atom. The molecule has 4 heterocycles. The molecule has 3 aromatic rings. The molecule has 1 aliphatic rings. The molecule has 0 radical (unpaired) electrons. The Morgan fingerprint density at radius 1 is 1.16 bits per heavy atom. The third-order valence-electron chi connectivity index (χ3n) is 6.70. The summed E-state index contributed by atoms with van der Waals surface area (Å²) in [7, 11) is -4.27. The highest BCUT2D eigenvalue weighted by atomic mass is 32.2. The van der Waals surface area contributed by atoms with Gasteiger partial charge in [-0.25, -0.2) is 19.7 Å². The molecular formula is C26H32N6O4S. The molecule has 0 aromatic carbocycles. The predicted molar refractivity (Wildman–Crippen MR) is 142 cm³/mol. The number of hydrogen-bond acceptors (Lipinski definition) is 9. The summed E-state index contributed by atoms with van der Waals surface area (Å²) in [6.45, 7) is 11.2. The monoisotopic (exact) mass is 524 g/mol. The van der Waals surface area contributed by atoms with Gasteiger partial charge in [0, 0.05) is 29.9 Å². The lowest BCUT2D eigenvalue weighted by molar-refractivity contribution is 0.0981. The number of nitrogens with two attached hydrogens (primary N) is 1. The fourth-order valence-electron chi connectivity index (χ4n) is 4.28. The number of carbonyl (C=O) groups excluding carboxylic acids is 1. The van der Waals surface area contributed by atoms with Crippen LogP contribution in [0.5, 0.6) is 5.88 Å². The molecule has 0 spiro atoms. The van der Waals surface area contributed by atoms with Crippen LogP contribution in [0.3, 0.4) is 0 Å². The van der Waals surface area contributed by atoms with E-state index in [1.165, 1.54) is 18.2 Å². The Labute approximate surface area is 217 Å². The van der Waals surface area contributed by atoms with Gasteiger partial charge in [-0.15, -0.1) is 0 Å². The number of amides is 1. The molecule has 1 unspecified atom stereocenters. The van der Waals surface area contributed by atoms with Crippen LogP contribution >= 0.6 is 0 Å². The van der Waals surface area contributed by atoms with Crippen LogP contribution in [-0.2, 0) is 10.0 Å². The first-order valence-electron chi connectivity index (χ1n) is 12.1. The highest BCUT2D eigenvalue weighted by Crippen LogP contribution is 2.38. The molecule has 1 saturated heterocycles. The number of hydrogen-bond donors (Lipinski definition) is 2. The second kappa shape index (κ2) is 9.97. The normalized spacial score (nSPS) is 17.1. The topological polar surface area (TPSA) is 140 Å². The zero-order chi connectivity index (χ0) is 27.0. The molecule has 37 heavy (non-hydrogen) atoms. The van der Waals surface area contributed by atoms with E-state index in [0.717, 1.165) is 13.0 Å². The van der Waals surface area contributed by atoms with E-state index < -0.39 is 15.9 Å². The van der Waals surface area contributed by atoms with E-state index in [1.54, 1.807) is 30.5 Å². The number of sulfonamides is 1. The smallest absolute Gasteiger partial charge is 0.281 e. The van der Waals surface area contributed by atoms with E-state index in [1.807, 2.05) is 13.8 Å². The van der Waals surface area contributed by atoms with E-state index in [4.69, 9.17) is 15.5 Å². The highest BCUT2D eigenvalue weighted by molar-refractivity contribution is 7.90. The molecule has 3 aromatic heterocycles. The van der Waals surface area contributed by atoms with Gasteiger partial charge in [0.05, 0.1) is 17.4 Å². The van der Waals surface area contributed by atoms with E-state index in [-0.39, 0.29) is 28.1 Å². The molecule has 196 valence electrons. The van der Waals surface area contributed by atoms with Crippen molar-refractivity contribution in [1.82, 2.24) is 19.7 Å². The molecule has 1 fully saturated rings. The summed E-state index contributed by atoms with van der Waals surface area (Å²) in [5.74, 6) is 0.773. The van der Waals surface area contributed by atoms with Crippen LogP contribution in [0.25, 0.3) is 11.3 Å². The fourth-order valence-corrected chi connectivity index (χ4v) is 5.23. The van der Waals surface area contributed by atoms with Crippen LogP contribution < -0.4 is 20.1 Å². The summed E-state index contributed by atoms with van der Waals surface area (Å²) in [5, 5.41) is -0.350. The maximum Gasteiger partial charge on any atom is 0.281 e. The maximum atomic E-state index is 13.3. The van der Waals surface area contributed by atoms with Gasteiger partial charge in [-0.3, -0.25) is 4.79 Å². The molecule has 0 saturated carbocycles. The Morgan fingerprint density at radius 2 is 1.92 bits per heavy atom. The predicted octanol–water partition coefficient (Wildman–Crippen LogP) is 3.65. The highest BCUT2D eigenvalue weighted by Gasteiger charge is 2.39. The van der Waals surface area contributed by atoms with Gasteiger partial charge in [0.25, 0.3) is 15.9 Å². The lowest BCUT2D eigenvalue weighted by atomic mass is 9.90. The largest absolute Gasteiger partial charge is 0.475 e. The number of carbonyl (C=O) groups is 1. The minimum atomic E-state index is -4.27. The third-order valence-corrected chi connectivity index (χ3v) is 7.93. The fraction of sp³-hybridized carbons (Fsp3) is 0.385. The van der Waals surface area contributed by atoms with Crippen LogP contribution in [0, 0.1) is 5.92 Å². The minimum Gasteiger partial charge on any atom is -0.475 e. The quantitative estimate of drug-likeness (QED) is 0.474. The average molecular weight is 525 g/mol. The average Bonchev–Trinajstić information content (AvgIpc) is 3.10. The molecule has 0 aliphatic carbocycles. The van der Waals surface area contributed by atoms with Crippen LogP contribution in [-0.4, -0.2) is 47.5 Å². The first-order valence-corrected chi connectivity index (χ1v) is 13.6. The van der Waals surface area contributed by atoms with Crippen LogP contribution in [0.4, 0.5) is 11.6 Å². The summed E-state index contributed by atoms with van der Waals surface area (Å²) >= 11 is 0. The van der Waals surface area contributed by atoms with Crippen molar-refractivity contribution in [2.24, 2.45) is 5.92 Å². The van der Waals surface area contributed by atoms with Gasteiger partial charge in [0.1, 0.15) is 11.6 Å². The van der Waals surface area contributed by atoms with E-state index >= 15 is 0 Å². The maximum absolute atomic E-state index is 13.3. The molecule has 4 rings (SSSR count). The zero-order valence-electron chi connectivity index (χ0n) is 21.6. The van der Waals surface area contributed by atoms with Crippen molar-refractivity contribution in [2.45, 2.75) is 57.7 Å². The van der Waals surface area contributed by atoms with Crippen molar-refractivity contribution >= 4 is 27.6 Å². The molecular weight excluding hydrogens is 492 g/mol. The summed E-state index contributed by atoms with van der Waals surface area (Å²) in [6.07, 6.45) is 2.53. The minimum absolute atomic E-state index is 0.0271. The number of nitrogens with zero attached hydrogens (tertiary/aromatic N) is 4. The number of aromatic nitrogens is 3. The van der Waals surface area contributed by atoms with Gasteiger partial charge >= 0.3 is 0 Å². The number of anilines is 2. The summed E-state index contributed by atoms with van der Waals surface area (Å²) < 4.78 is 33.4. The molecule has 1 atom stereocenters. The number of nitrogen functional groups attached to an aromatic ring is 1. The zero-order valence-corrected chi connectivity index (χ0v) is 22.4. The first kappa shape index (κ1) is 26.3. The second-order valence-corrected chi connectivity index (χ2v) is 11.6. The van der Waals surface area contributed by atoms with Crippen molar-refractivity contribution in [3.05, 3.63) is 54.2 Å². The van der Waals surface area contributed by atoms with Gasteiger partial charge < -0.3 is 15.4 Å². The number of ether oxygens (including phenoxy) is 1. The second-order valence-electron chi connectivity index (χ2n) is 9.95. The van der Waals surface area contributed by atoms with E-state index in [2.05, 4.69) is 40.4 Å². The van der Waals surface area contributed by atoms with Crippen molar-refractivity contribution < 1.29 is 17.9 Å². The Kier molecular flexibility index (Phi) is 7.09. The van der Waals surface area contributed by atoms with E-state index in [0.29, 0.717) is 28.9 Å². The summed E-state index contributed by atoms with van der Waals surface area (Å²) in [4.78, 5) is 28.5. The lowest BCUT2D eigenvalue weighted by Crippen LogP contribution is -2.42. The van der Waals surface area contributed by atoms with Crippen molar-refractivity contribution in [3.8, 4) is 17.1 Å².